The van der Waals surface area contributed by atoms with Crippen molar-refractivity contribution < 1.29 is 18.0 Å². The van der Waals surface area contributed by atoms with Gasteiger partial charge in [0.1, 0.15) is 10.9 Å². The van der Waals surface area contributed by atoms with E-state index in [0.717, 1.165) is 13.7 Å². The summed E-state index contributed by atoms with van der Waals surface area (Å²) in [4.78, 5) is 27.0. The molecule has 0 radical (unpaired) electrons. The van der Waals surface area contributed by atoms with Crippen LogP contribution in [0, 0.1) is 0 Å². The summed E-state index contributed by atoms with van der Waals surface area (Å²) in [5, 5.41) is 0.155. The highest BCUT2D eigenvalue weighted by Gasteiger charge is 2.47. The predicted molar refractivity (Wildman–Crippen MR) is 131 cm³/mol. The maximum absolute atomic E-state index is 13.7. The molecule has 0 spiro atoms. The molecule has 0 aromatic heterocycles. The Balaban J connectivity index is 1.78. The van der Waals surface area contributed by atoms with E-state index in [2.05, 4.69) is 15.9 Å². The highest BCUT2D eigenvalue weighted by Crippen LogP contribution is 2.34. The molecule has 0 bridgehead atoms. The second-order valence-corrected chi connectivity index (χ2v) is 11.0. The predicted octanol–water partition coefficient (Wildman–Crippen LogP) is 5.28. The molecule has 1 heterocycles. The number of anilines is 1. The highest BCUT2D eigenvalue weighted by molar-refractivity contribution is 9.10. The maximum Gasteiger partial charge on any atom is 0.252 e. The first-order valence-corrected chi connectivity index (χ1v) is 12.8. The van der Waals surface area contributed by atoms with Crippen LogP contribution in [0.1, 0.15) is 12.0 Å². The quantitative estimate of drug-likeness (QED) is 0.380. The van der Waals surface area contributed by atoms with Crippen molar-refractivity contribution in [1.82, 2.24) is 4.31 Å². The number of nitrogens with zero attached hydrogens (tertiary/aromatic N) is 2. The first-order valence-electron chi connectivity index (χ1n) is 9.81. The first kappa shape index (κ1) is 23.9. The molecule has 0 aliphatic carbocycles. The molecule has 4 rings (SSSR count). The van der Waals surface area contributed by atoms with Gasteiger partial charge in [-0.15, -0.1) is 0 Å². The fraction of sp³-hybridized carbons (Fsp3) is 0.130. The summed E-state index contributed by atoms with van der Waals surface area (Å²) < 4.78 is 29.3. The molecule has 1 atom stereocenters. The van der Waals surface area contributed by atoms with Gasteiger partial charge >= 0.3 is 0 Å². The Morgan fingerprint density at radius 2 is 1.64 bits per heavy atom. The van der Waals surface area contributed by atoms with E-state index in [1.54, 1.807) is 54.6 Å². The smallest absolute Gasteiger partial charge is 0.252 e. The molecule has 1 aliphatic heterocycles. The van der Waals surface area contributed by atoms with Gasteiger partial charge in [0.2, 0.25) is 15.9 Å². The van der Waals surface area contributed by atoms with Crippen LogP contribution in [0.4, 0.5) is 5.69 Å². The van der Waals surface area contributed by atoms with E-state index >= 15 is 0 Å². The van der Waals surface area contributed by atoms with Crippen molar-refractivity contribution in [3.63, 3.8) is 0 Å². The molecule has 3 aromatic rings. The Morgan fingerprint density at radius 1 is 0.970 bits per heavy atom. The van der Waals surface area contributed by atoms with Crippen molar-refractivity contribution in [2.45, 2.75) is 23.9 Å². The lowest BCUT2D eigenvalue weighted by atomic mass is 10.2. The van der Waals surface area contributed by atoms with E-state index in [1.807, 2.05) is 0 Å². The molecular formula is C23H17BrCl2N2O4S. The molecule has 170 valence electrons. The molecule has 33 heavy (non-hydrogen) atoms. The van der Waals surface area contributed by atoms with Crippen LogP contribution in [0.5, 0.6) is 0 Å². The van der Waals surface area contributed by atoms with Gasteiger partial charge in [-0.2, -0.15) is 4.31 Å². The number of sulfonamides is 1. The van der Waals surface area contributed by atoms with Crippen LogP contribution in [0.25, 0.3) is 0 Å². The SMILES string of the molecule is O=C1CC(N(Cc2ccccc2)S(=O)(=O)c2cc(Cl)ccc2Cl)C(=O)N1c1ccc(Br)cc1. The van der Waals surface area contributed by atoms with Crippen molar-refractivity contribution in [3.8, 4) is 0 Å². The Bertz CT molecular complexity index is 1320. The minimum absolute atomic E-state index is 0.0287. The maximum atomic E-state index is 13.7. The van der Waals surface area contributed by atoms with Gasteiger partial charge in [-0.3, -0.25) is 9.59 Å². The van der Waals surface area contributed by atoms with Gasteiger partial charge in [-0.25, -0.2) is 13.3 Å². The van der Waals surface area contributed by atoms with Gasteiger partial charge in [0.05, 0.1) is 17.1 Å². The number of benzene rings is 3. The van der Waals surface area contributed by atoms with Crippen LogP contribution >= 0.6 is 39.1 Å². The minimum Gasteiger partial charge on any atom is -0.274 e. The average molecular weight is 568 g/mol. The number of rotatable bonds is 6. The van der Waals surface area contributed by atoms with Gasteiger partial charge in [0.25, 0.3) is 5.91 Å². The number of amides is 2. The summed E-state index contributed by atoms with van der Waals surface area (Å²) in [6.07, 6.45) is -0.293. The molecule has 1 saturated heterocycles. The van der Waals surface area contributed by atoms with Crippen molar-refractivity contribution >= 4 is 66.7 Å². The molecule has 10 heteroatoms. The van der Waals surface area contributed by atoms with Crippen LogP contribution in [0.3, 0.4) is 0 Å². The molecule has 1 aliphatic rings. The number of hydrogen-bond donors (Lipinski definition) is 0. The number of carbonyl (C=O) groups is 2. The third kappa shape index (κ3) is 4.85. The number of halogens is 3. The minimum atomic E-state index is -4.29. The van der Waals surface area contributed by atoms with Crippen LogP contribution < -0.4 is 4.90 Å². The van der Waals surface area contributed by atoms with Crippen LogP contribution in [-0.2, 0) is 26.2 Å². The second kappa shape index (κ2) is 9.56. The van der Waals surface area contributed by atoms with Crippen molar-refractivity contribution in [3.05, 3.63) is 92.9 Å². The summed E-state index contributed by atoms with van der Waals surface area (Å²) in [6, 6.07) is 18.3. The van der Waals surface area contributed by atoms with Crippen molar-refractivity contribution in [2.75, 3.05) is 4.90 Å². The highest BCUT2D eigenvalue weighted by atomic mass is 79.9. The van der Waals surface area contributed by atoms with Crippen LogP contribution in [0.2, 0.25) is 10.0 Å². The van der Waals surface area contributed by atoms with Crippen LogP contribution in [0.15, 0.2) is 82.2 Å². The third-order valence-corrected chi connectivity index (χ3v) is 8.32. The number of imide groups is 1. The molecule has 6 nitrogen and oxygen atoms in total. The zero-order valence-electron chi connectivity index (χ0n) is 17.0. The molecule has 3 aromatic carbocycles. The Hall–Kier alpha value is -2.23. The lowest BCUT2D eigenvalue weighted by Gasteiger charge is -2.27. The summed E-state index contributed by atoms with van der Waals surface area (Å²) in [5.74, 6) is -1.11. The standard InChI is InChI=1S/C23H17BrCl2N2O4S/c24-16-6-9-18(10-7-16)28-22(29)13-20(23(28)30)27(14-15-4-2-1-3-5-15)33(31,32)21-12-17(25)8-11-19(21)26/h1-12,20H,13-14H2. The van der Waals surface area contributed by atoms with E-state index in [1.165, 1.54) is 18.2 Å². The molecule has 1 unspecified atom stereocenters. The normalized spacial score (nSPS) is 16.6. The summed E-state index contributed by atoms with van der Waals surface area (Å²) >= 11 is 15.6. The monoisotopic (exact) mass is 566 g/mol. The molecule has 2 amide bonds. The topological polar surface area (TPSA) is 74.8 Å². The zero-order valence-corrected chi connectivity index (χ0v) is 20.9. The van der Waals surface area contributed by atoms with Crippen LogP contribution in [-0.4, -0.2) is 30.6 Å². The Kier molecular flexibility index (Phi) is 6.93. The fourth-order valence-electron chi connectivity index (χ4n) is 3.63. The fourth-order valence-corrected chi connectivity index (χ4v) is 6.20. The van der Waals surface area contributed by atoms with E-state index in [0.29, 0.717) is 11.3 Å². The second-order valence-electron chi connectivity index (χ2n) is 7.37. The summed E-state index contributed by atoms with van der Waals surface area (Å²) in [7, 11) is -4.29. The van der Waals surface area contributed by atoms with E-state index in [-0.39, 0.29) is 27.9 Å². The summed E-state index contributed by atoms with van der Waals surface area (Å²) in [6.45, 7) is -0.121. The first-order chi connectivity index (χ1) is 15.7. The number of hydrogen-bond acceptors (Lipinski definition) is 4. The van der Waals surface area contributed by atoms with E-state index in [4.69, 9.17) is 23.2 Å². The van der Waals surface area contributed by atoms with Gasteiger partial charge in [0.15, 0.2) is 0 Å². The van der Waals surface area contributed by atoms with E-state index < -0.39 is 27.9 Å². The molecule has 1 fully saturated rings. The zero-order chi connectivity index (χ0) is 23.8. The van der Waals surface area contributed by atoms with E-state index in [9.17, 15) is 18.0 Å². The molecule has 0 N–H and O–H groups in total. The van der Waals surface area contributed by atoms with Gasteiger partial charge in [0, 0.05) is 16.0 Å². The number of carbonyl (C=O) groups excluding carboxylic acids is 2. The molecular weight excluding hydrogens is 551 g/mol. The largest absolute Gasteiger partial charge is 0.274 e. The van der Waals surface area contributed by atoms with Gasteiger partial charge in [-0.1, -0.05) is 69.5 Å². The Labute approximate surface area is 209 Å². The van der Waals surface area contributed by atoms with Crippen molar-refractivity contribution in [1.29, 1.82) is 0 Å². The van der Waals surface area contributed by atoms with Crippen molar-refractivity contribution in [2.24, 2.45) is 0 Å². The lowest BCUT2D eigenvalue weighted by Crippen LogP contribution is -2.45. The third-order valence-electron chi connectivity index (χ3n) is 5.22. The average Bonchev–Trinajstić information content (AvgIpc) is 3.08. The molecule has 0 saturated carbocycles. The van der Waals surface area contributed by atoms with Gasteiger partial charge in [-0.05, 0) is 48.0 Å². The Morgan fingerprint density at radius 3 is 2.30 bits per heavy atom. The van der Waals surface area contributed by atoms with Gasteiger partial charge < -0.3 is 0 Å². The summed E-state index contributed by atoms with van der Waals surface area (Å²) in [5.41, 5.74) is 1.02. The lowest BCUT2D eigenvalue weighted by molar-refractivity contribution is -0.122.